The highest BCUT2D eigenvalue weighted by Gasteiger charge is 2.19. The molecule has 0 rings (SSSR count). The normalized spacial score (nSPS) is 12.3. The number of carbonyl (C=O) groups is 3. The van der Waals surface area contributed by atoms with E-state index in [9.17, 15) is 14.4 Å². The van der Waals surface area contributed by atoms with Crippen LogP contribution in [0.4, 0.5) is 0 Å². The van der Waals surface area contributed by atoms with E-state index in [0.717, 1.165) is 96.3 Å². The van der Waals surface area contributed by atoms with Crippen LogP contribution in [0.2, 0.25) is 0 Å². The maximum absolute atomic E-state index is 12.8. The van der Waals surface area contributed by atoms with Gasteiger partial charge in [-0.2, -0.15) is 0 Å². The first kappa shape index (κ1) is 56.6. The Morgan fingerprint density at radius 3 is 1.03 bits per heavy atom. The second-order valence-corrected chi connectivity index (χ2v) is 17.1. The average Bonchev–Trinajstić information content (AvgIpc) is 3.23. The zero-order chi connectivity index (χ0) is 43.0. The third-order valence-electron chi connectivity index (χ3n) is 11.2. The molecular formula is C53H96O6. The molecule has 6 nitrogen and oxygen atoms in total. The van der Waals surface area contributed by atoms with E-state index in [1.807, 2.05) is 0 Å². The van der Waals surface area contributed by atoms with Gasteiger partial charge in [0, 0.05) is 19.3 Å². The molecule has 59 heavy (non-hydrogen) atoms. The molecule has 0 aromatic rings. The minimum atomic E-state index is -0.775. The van der Waals surface area contributed by atoms with Crippen LogP contribution in [-0.2, 0) is 28.6 Å². The van der Waals surface area contributed by atoms with Crippen LogP contribution in [0.25, 0.3) is 0 Å². The average molecular weight is 829 g/mol. The first-order valence-electron chi connectivity index (χ1n) is 25.5. The van der Waals surface area contributed by atoms with Crippen molar-refractivity contribution in [2.24, 2.45) is 0 Å². The highest BCUT2D eigenvalue weighted by Crippen LogP contribution is 2.16. The Kier molecular flexibility index (Phi) is 46.4. The Bertz CT molecular complexity index is 1000. The summed E-state index contributed by atoms with van der Waals surface area (Å²) in [4.78, 5) is 37.9. The quantitative estimate of drug-likeness (QED) is 0.0263. The van der Waals surface area contributed by atoms with Crippen molar-refractivity contribution in [2.45, 2.75) is 271 Å². The summed E-state index contributed by atoms with van der Waals surface area (Å²) in [6.07, 6.45) is 55.6. The molecule has 0 aliphatic carbocycles. The number of hydrogen-bond donors (Lipinski definition) is 0. The Hall–Kier alpha value is -2.37. The molecule has 0 saturated carbocycles. The van der Waals surface area contributed by atoms with E-state index < -0.39 is 6.10 Å². The minimum Gasteiger partial charge on any atom is -0.462 e. The molecule has 0 aliphatic heterocycles. The van der Waals surface area contributed by atoms with E-state index in [-0.39, 0.29) is 31.1 Å². The Labute approximate surface area is 365 Å². The zero-order valence-electron chi connectivity index (χ0n) is 39.3. The number of ether oxygens (including phenoxy) is 3. The van der Waals surface area contributed by atoms with Crippen LogP contribution in [0.1, 0.15) is 265 Å². The molecule has 0 saturated heterocycles. The van der Waals surface area contributed by atoms with Gasteiger partial charge in [-0.1, -0.05) is 231 Å². The largest absolute Gasteiger partial charge is 0.462 e. The third-order valence-corrected chi connectivity index (χ3v) is 11.2. The lowest BCUT2D eigenvalue weighted by Crippen LogP contribution is -2.30. The molecule has 6 heteroatoms. The van der Waals surface area contributed by atoms with Gasteiger partial charge in [-0.3, -0.25) is 14.4 Å². The monoisotopic (exact) mass is 829 g/mol. The summed E-state index contributed by atoms with van der Waals surface area (Å²) >= 11 is 0. The fraction of sp³-hybridized carbons (Fsp3) is 0.830. The first-order chi connectivity index (χ1) is 29.0. The van der Waals surface area contributed by atoms with Gasteiger partial charge in [0.05, 0.1) is 0 Å². The molecule has 0 spiro atoms. The molecule has 0 unspecified atom stereocenters. The number of unbranched alkanes of at least 4 members (excludes halogenated alkanes) is 29. The highest BCUT2D eigenvalue weighted by molar-refractivity contribution is 5.71. The lowest BCUT2D eigenvalue weighted by atomic mass is 10.0. The van der Waals surface area contributed by atoms with Crippen LogP contribution in [-0.4, -0.2) is 37.2 Å². The Morgan fingerprint density at radius 1 is 0.356 bits per heavy atom. The summed E-state index contributed by atoms with van der Waals surface area (Å²) in [5.74, 6) is -0.885. The molecule has 1 atom stereocenters. The predicted octanol–water partition coefficient (Wildman–Crippen LogP) is 16.5. The maximum Gasteiger partial charge on any atom is 0.306 e. The van der Waals surface area contributed by atoms with Crippen LogP contribution < -0.4 is 0 Å². The van der Waals surface area contributed by atoms with Crippen molar-refractivity contribution < 1.29 is 28.6 Å². The van der Waals surface area contributed by atoms with Crippen molar-refractivity contribution in [3.63, 3.8) is 0 Å². The molecule has 0 aromatic heterocycles. The SMILES string of the molecule is CC/C=C\C/C=C\C/C=C\CCCCCCCC(=O)O[C@H](COC(=O)CCCCCCCCCCC)COC(=O)CCCCCCCCCCCCCCCCCCC. The fourth-order valence-corrected chi connectivity index (χ4v) is 7.34. The second-order valence-electron chi connectivity index (χ2n) is 17.1. The molecule has 0 amide bonds. The summed E-state index contributed by atoms with van der Waals surface area (Å²) in [7, 11) is 0. The van der Waals surface area contributed by atoms with Crippen LogP contribution in [0.5, 0.6) is 0 Å². The van der Waals surface area contributed by atoms with Gasteiger partial charge in [0.25, 0.3) is 0 Å². The molecule has 0 fully saturated rings. The van der Waals surface area contributed by atoms with Crippen molar-refractivity contribution >= 4 is 17.9 Å². The summed E-state index contributed by atoms with van der Waals surface area (Å²) in [6.45, 7) is 6.51. The summed E-state index contributed by atoms with van der Waals surface area (Å²) in [5, 5.41) is 0. The molecule has 0 radical (unpaired) electrons. The van der Waals surface area contributed by atoms with E-state index in [1.54, 1.807) is 0 Å². The van der Waals surface area contributed by atoms with Crippen LogP contribution >= 0.6 is 0 Å². The van der Waals surface area contributed by atoms with E-state index in [4.69, 9.17) is 14.2 Å². The molecule has 0 bridgehead atoms. The van der Waals surface area contributed by atoms with E-state index >= 15 is 0 Å². The summed E-state index contributed by atoms with van der Waals surface area (Å²) < 4.78 is 16.8. The van der Waals surface area contributed by atoms with Crippen molar-refractivity contribution in [3.05, 3.63) is 36.5 Å². The highest BCUT2D eigenvalue weighted by atomic mass is 16.6. The lowest BCUT2D eigenvalue weighted by molar-refractivity contribution is -0.167. The van der Waals surface area contributed by atoms with Gasteiger partial charge in [0.15, 0.2) is 6.10 Å². The minimum absolute atomic E-state index is 0.0753. The Morgan fingerprint density at radius 2 is 0.661 bits per heavy atom. The molecule has 0 aromatic carbocycles. The number of rotatable bonds is 46. The van der Waals surface area contributed by atoms with E-state index in [1.165, 1.54) is 128 Å². The smallest absolute Gasteiger partial charge is 0.306 e. The first-order valence-corrected chi connectivity index (χ1v) is 25.5. The maximum atomic E-state index is 12.8. The van der Waals surface area contributed by atoms with Gasteiger partial charge in [-0.15, -0.1) is 0 Å². The molecule has 0 aliphatic rings. The number of allylic oxidation sites excluding steroid dienone is 6. The molecular weight excluding hydrogens is 733 g/mol. The van der Waals surface area contributed by atoms with Crippen molar-refractivity contribution in [3.8, 4) is 0 Å². The van der Waals surface area contributed by atoms with Gasteiger partial charge in [-0.25, -0.2) is 0 Å². The third kappa shape index (κ3) is 46.5. The lowest BCUT2D eigenvalue weighted by Gasteiger charge is -2.18. The topological polar surface area (TPSA) is 78.9 Å². The van der Waals surface area contributed by atoms with Crippen molar-refractivity contribution in [1.29, 1.82) is 0 Å². The van der Waals surface area contributed by atoms with Crippen LogP contribution in [0, 0.1) is 0 Å². The fourth-order valence-electron chi connectivity index (χ4n) is 7.34. The van der Waals surface area contributed by atoms with E-state index in [0.29, 0.717) is 19.3 Å². The molecule has 344 valence electrons. The summed E-state index contributed by atoms with van der Waals surface area (Å²) in [5.41, 5.74) is 0. The Balaban J connectivity index is 4.31. The van der Waals surface area contributed by atoms with Crippen LogP contribution in [0.15, 0.2) is 36.5 Å². The van der Waals surface area contributed by atoms with Gasteiger partial charge in [0.2, 0.25) is 0 Å². The number of hydrogen-bond acceptors (Lipinski definition) is 6. The van der Waals surface area contributed by atoms with Gasteiger partial charge in [-0.05, 0) is 51.4 Å². The van der Waals surface area contributed by atoms with Gasteiger partial charge < -0.3 is 14.2 Å². The second kappa shape index (κ2) is 48.3. The van der Waals surface area contributed by atoms with Crippen molar-refractivity contribution in [1.82, 2.24) is 0 Å². The number of esters is 3. The number of carbonyl (C=O) groups excluding carboxylic acids is 3. The predicted molar refractivity (Wildman–Crippen MR) is 252 cm³/mol. The van der Waals surface area contributed by atoms with Crippen LogP contribution in [0.3, 0.4) is 0 Å². The van der Waals surface area contributed by atoms with Gasteiger partial charge in [0.1, 0.15) is 13.2 Å². The molecule has 0 N–H and O–H groups in total. The summed E-state index contributed by atoms with van der Waals surface area (Å²) in [6, 6.07) is 0. The standard InChI is InChI=1S/C53H96O6/c1-4-7-10-13-16-19-21-23-25-26-28-29-31-34-37-40-43-46-52(55)58-49-50(48-57-51(54)45-42-39-36-33-18-15-12-9-6-3)59-53(56)47-44-41-38-35-32-30-27-24-22-20-17-14-11-8-5-2/h8,11,17,20,24,27,50H,4-7,9-10,12-16,18-19,21-23,25-26,28-49H2,1-3H3/b11-8-,20-17-,27-24-/t50-/m1/s1. The van der Waals surface area contributed by atoms with Gasteiger partial charge >= 0.3 is 17.9 Å². The van der Waals surface area contributed by atoms with Crippen molar-refractivity contribution in [2.75, 3.05) is 13.2 Å². The van der Waals surface area contributed by atoms with E-state index in [2.05, 4.69) is 57.2 Å². The zero-order valence-corrected chi connectivity index (χ0v) is 39.3. The molecule has 0 heterocycles.